The Kier molecular flexibility index (Phi) is 4.32. The van der Waals surface area contributed by atoms with E-state index in [1.165, 1.54) is 0 Å². The summed E-state index contributed by atoms with van der Waals surface area (Å²) in [5.74, 6) is 0.101. The van der Waals surface area contributed by atoms with Crippen LogP contribution in [0, 0.1) is 6.92 Å². The van der Waals surface area contributed by atoms with Crippen molar-refractivity contribution in [2.75, 3.05) is 20.1 Å². The van der Waals surface area contributed by atoms with Crippen LogP contribution in [0.1, 0.15) is 28.8 Å². The number of hydrogen-bond donors (Lipinski definition) is 1. The molecule has 102 valence electrons. The van der Waals surface area contributed by atoms with Crippen molar-refractivity contribution in [1.82, 2.24) is 10.2 Å². The Morgan fingerprint density at radius 1 is 1.37 bits per heavy atom. The first-order valence-electron chi connectivity index (χ1n) is 6.68. The maximum atomic E-state index is 12.3. The van der Waals surface area contributed by atoms with Gasteiger partial charge in [-0.2, -0.15) is 0 Å². The van der Waals surface area contributed by atoms with E-state index in [0.717, 1.165) is 30.5 Å². The Bertz CT molecular complexity index is 485. The molecule has 1 aromatic carbocycles. The number of Topliss-reactive ketones (excluding diaryl/α,β-unsaturated/α-hetero) is 1. The molecule has 1 aliphatic rings. The zero-order valence-corrected chi connectivity index (χ0v) is 11.5. The summed E-state index contributed by atoms with van der Waals surface area (Å²) in [6.45, 7) is 3.08. The monoisotopic (exact) mass is 260 g/mol. The molecule has 19 heavy (non-hydrogen) atoms. The van der Waals surface area contributed by atoms with Crippen molar-refractivity contribution in [3.8, 4) is 0 Å². The highest BCUT2D eigenvalue weighted by Crippen LogP contribution is 2.18. The van der Waals surface area contributed by atoms with Gasteiger partial charge in [0.25, 0.3) is 0 Å². The van der Waals surface area contributed by atoms with E-state index in [2.05, 4.69) is 5.32 Å². The Morgan fingerprint density at radius 2 is 2.11 bits per heavy atom. The number of ketones is 1. The van der Waals surface area contributed by atoms with E-state index in [1.807, 2.05) is 36.1 Å². The van der Waals surface area contributed by atoms with Crippen molar-refractivity contribution in [3.63, 3.8) is 0 Å². The lowest BCUT2D eigenvalue weighted by molar-refractivity contribution is -0.124. The molecule has 0 radical (unpaired) electrons. The Hall–Kier alpha value is -1.68. The molecule has 4 heteroatoms. The van der Waals surface area contributed by atoms with Crippen LogP contribution in [-0.4, -0.2) is 42.8 Å². The molecular weight excluding hydrogens is 240 g/mol. The number of nitrogens with one attached hydrogen (secondary N) is 1. The average Bonchev–Trinajstić information content (AvgIpc) is 2.86. The second-order valence-corrected chi connectivity index (χ2v) is 4.98. The van der Waals surface area contributed by atoms with E-state index in [4.69, 9.17) is 0 Å². The fourth-order valence-electron chi connectivity index (χ4n) is 2.63. The topological polar surface area (TPSA) is 49.4 Å². The molecule has 1 saturated heterocycles. The number of benzene rings is 1. The lowest BCUT2D eigenvalue weighted by atomic mass is 10.0. The molecule has 1 amide bonds. The Balaban J connectivity index is 2.07. The summed E-state index contributed by atoms with van der Waals surface area (Å²) in [5, 5.41) is 2.67. The third kappa shape index (κ3) is 3.01. The normalized spacial score (nSPS) is 19.4. The zero-order chi connectivity index (χ0) is 13.8. The maximum absolute atomic E-state index is 12.3. The summed E-state index contributed by atoms with van der Waals surface area (Å²) in [4.78, 5) is 26.0. The van der Waals surface area contributed by atoms with Crippen LogP contribution in [0.25, 0.3) is 0 Å². The number of carbonyl (C=O) groups excluding carboxylic acids is 2. The molecule has 0 saturated carbocycles. The average molecular weight is 260 g/mol. The number of hydrogen-bond acceptors (Lipinski definition) is 3. The summed E-state index contributed by atoms with van der Waals surface area (Å²) in [5.41, 5.74) is 1.74. The highest BCUT2D eigenvalue weighted by atomic mass is 16.2. The zero-order valence-electron chi connectivity index (χ0n) is 11.5. The first-order chi connectivity index (χ1) is 9.13. The molecule has 1 fully saturated rings. The van der Waals surface area contributed by atoms with Gasteiger partial charge in [0.1, 0.15) is 0 Å². The van der Waals surface area contributed by atoms with Gasteiger partial charge >= 0.3 is 0 Å². The number of rotatable bonds is 4. The van der Waals surface area contributed by atoms with Crippen LogP contribution in [0.5, 0.6) is 0 Å². The first kappa shape index (κ1) is 13.7. The molecule has 0 spiro atoms. The van der Waals surface area contributed by atoms with Crippen molar-refractivity contribution in [3.05, 3.63) is 35.4 Å². The minimum absolute atomic E-state index is 0.00934. The van der Waals surface area contributed by atoms with E-state index in [0.29, 0.717) is 6.54 Å². The standard InChI is InChI=1S/C15H20N2O2/c1-11-6-3-4-7-12(11)14(18)10-17-9-5-8-13(17)15(19)16-2/h3-4,6-7,13H,5,8-10H2,1-2H3,(H,16,19). The number of aryl methyl sites for hydroxylation is 1. The van der Waals surface area contributed by atoms with Gasteiger partial charge in [0.05, 0.1) is 12.6 Å². The lowest BCUT2D eigenvalue weighted by Crippen LogP contribution is -2.44. The van der Waals surface area contributed by atoms with Gasteiger partial charge in [-0.05, 0) is 31.9 Å². The summed E-state index contributed by atoms with van der Waals surface area (Å²) < 4.78 is 0. The third-order valence-electron chi connectivity index (χ3n) is 3.70. The molecule has 1 atom stereocenters. The largest absolute Gasteiger partial charge is 0.358 e. The van der Waals surface area contributed by atoms with Crippen LogP contribution in [0.3, 0.4) is 0 Å². The second-order valence-electron chi connectivity index (χ2n) is 4.98. The van der Waals surface area contributed by atoms with Crippen molar-refractivity contribution in [1.29, 1.82) is 0 Å². The summed E-state index contributed by atoms with van der Waals surface area (Å²) >= 11 is 0. The molecule has 0 aromatic heterocycles. The smallest absolute Gasteiger partial charge is 0.237 e. The number of likely N-dealkylation sites (N-methyl/N-ethyl adjacent to an activating group) is 1. The number of amides is 1. The molecule has 1 unspecified atom stereocenters. The van der Waals surface area contributed by atoms with Gasteiger partial charge in [-0.15, -0.1) is 0 Å². The molecule has 4 nitrogen and oxygen atoms in total. The van der Waals surface area contributed by atoms with Gasteiger partial charge in [0.15, 0.2) is 5.78 Å². The van der Waals surface area contributed by atoms with Crippen LogP contribution in [0.2, 0.25) is 0 Å². The van der Waals surface area contributed by atoms with Crippen molar-refractivity contribution < 1.29 is 9.59 Å². The molecule has 2 rings (SSSR count). The quantitative estimate of drug-likeness (QED) is 0.832. The van der Waals surface area contributed by atoms with Gasteiger partial charge in [-0.3, -0.25) is 14.5 Å². The molecule has 1 heterocycles. The molecule has 1 aliphatic heterocycles. The molecule has 1 aromatic rings. The van der Waals surface area contributed by atoms with E-state index in [1.54, 1.807) is 7.05 Å². The Morgan fingerprint density at radius 3 is 2.79 bits per heavy atom. The van der Waals surface area contributed by atoms with E-state index >= 15 is 0 Å². The lowest BCUT2D eigenvalue weighted by Gasteiger charge is -2.22. The van der Waals surface area contributed by atoms with Crippen LogP contribution in [0.4, 0.5) is 0 Å². The number of carbonyl (C=O) groups is 2. The maximum Gasteiger partial charge on any atom is 0.237 e. The molecule has 0 aliphatic carbocycles. The highest BCUT2D eigenvalue weighted by molar-refractivity contribution is 5.99. The predicted molar refractivity (Wildman–Crippen MR) is 74.2 cm³/mol. The summed E-state index contributed by atoms with van der Waals surface area (Å²) in [7, 11) is 1.64. The Labute approximate surface area is 113 Å². The van der Waals surface area contributed by atoms with Gasteiger partial charge in [0, 0.05) is 12.6 Å². The summed E-state index contributed by atoms with van der Waals surface area (Å²) in [6.07, 6.45) is 1.81. The van der Waals surface area contributed by atoms with Gasteiger partial charge in [-0.25, -0.2) is 0 Å². The van der Waals surface area contributed by atoms with Gasteiger partial charge in [0.2, 0.25) is 5.91 Å². The van der Waals surface area contributed by atoms with Crippen molar-refractivity contribution >= 4 is 11.7 Å². The van der Waals surface area contributed by atoms with Gasteiger partial charge in [-0.1, -0.05) is 24.3 Å². The van der Waals surface area contributed by atoms with Crippen LogP contribution in [-0.2, 0) is 4.79 Å². The van der Waals surface area contributed by atoms with Crippen molar-refractivity contribution in [2.24, 2.45) is 0 Å². The number of likely N-dealkylation sites (tertiary alicyclic amines) is 1. The minimum Gasteiger partial charge on any atom is -0.358 e. The predicted octanol–water partition coefficient (Wildman–Crippen LogP) is 1.39. The second kappa shape index (κ2) is 5.97. The van der Waals surface area contributed by atoms with E-state index < -0.39 is 0 Å². The van der Waals surface area contributed by atoms with Gasteiger partial charge < -0.3 is 5.32 Å². The third-order valence-corrected chi connectivity index (χ3v) is 3.70. The summed E-state index contributed by atoms with van der Waals surface area (Å²) in [6, 6.07) is 7.43. The van der Waals surface area contributed by atoms with E-state index in [9.17, 15) is 9.59 Å². The fraction of sp³-hybridized carbons (Fsp3) is 0.467. The van der Waals surface area contributed by atoms with Crippen molar-refractivity contribution in [2.45, 2.75) is 25.8 Å². The minimum atomic E-state index is -0.155. The van der Waals surface area contributed by atoms with E-state index in [-0.39, 0.29) is 17.7 Å². The molecule has 1 N–H and O–H groups in total. The molecular formula is C15H20N2O2. The highest BCUT2D eigenvalue weighted by Gasteiger charge is 2.31. The SMILES string of the molecule is CNC(=O)C1CCCN1CC(=O)c1ccccc1C. The van der Waals surface area contributed by atoms with Crippen LogP contribution in [0.15, 0.2) is 24.3 Å². The van der Waals surface area contributed by atoms with Crippen LogP contribution < -0.4 is 5.32 Å². The van der Waals surface area contributed by atoms with Crippen LogP contribution >= 0.6 is 0 Å². The number of nitrogens with zero attached hydrogens (tertiary/aromatic N) is 1. The fourth-order valence-corrected chi connectivity index (χ4v) is 2.63. The first-order valence-corrected chi connectivity index (χ1v) is 6.68. The molecule has 0 bridgehead atoms.